The molecular weight excluding hydrogens is 306 g/mol. The van der Waals surface area contributed by atoms with Gasteiger partial charge in [0.2, 0.25) is 0 Å². The first-order valence-corrected chi connectivity index (χ1v) is 8.43. The number of aromatic nitrogens is 4. The van der Waals surface area contributed by atoms with Crippen LogP contribution in [0.25, 0.3) is 16.0 Å². The van der Waals surface area contributed by atoms with E-state index in [0.717, 1.165) is 21.7 Å². The molecule has 4 aromatic rings. The third kappa shape index (κ3) is 2.22. The molecule has 106 valence electrons. The van der Waals surface area contributed by atoms with Gasteiger partial charge in [-0.05, 0) is 18.2 Å². The van der Waals surface area contributed by atoms with Crippen LogP contribution in [0.4, 0.5) is 5.69 Å². The summed E-state index contributed by atoms with van der Waals surface area (Å²) in [4.78, 5) is 12.7. The smallest absolute Gasteiger partial charge is 0.197 e. The molecule has 1 atom stereocenters. The molecule has 0 aliphatic heterocycles. The van der Waals surface area contributed by atoms with E-state index in [9.17, 15) is 4.21 Å². The Labute approximate surface area is 126 Å². The minimum atomic E-state index is -1.26. The fourth-order valence-electron chi connectivity index (χ4n) is 2.16. The van der Waals surface area contributed by atoms with Gasteiger partial charge in [0.25, 0.3) is 0 Å². The summed E-state index contributed by atoms with van der Waals surface area (Å²) in [5.74, 6) is 0.337. The minimum Gasteiger partial charge on any atom is -0.399 e. The first-order chi connectivity index (χ1) is 10.2. The lowest BCUT2D eigenvalue weighted by Gasteiger charge is -1.94. The molecular formula is C13H11N5OS2. The first kappa shape index (κ1) is 12.5. The third-order valence-electron chi connectivity index (χ3n) is 3.12. The van der Waals surface area contributed by atoms with E-state index in [-0.39, 0.29) is 0 Å². The molecule has 3 N–H and O–H groups in total. The molecule has 1 aromatic carbocycles. The van der Waals surface area contributed by atoms with Gasteiger partial charge in [0.15, 0.2) is 10.1 Å². The van der Waals surface area contributed by atoms with Crippen LogP contribution >= 0.6 is 11.3 Å². The van der Waals surface area contributed by atoms with Crippen LogP contribution in [-0.2, 0) is 16.6 Å². The van der Waals surface area contributed by atoms with Crippen molar-refractivity contribution in [3.8, 4) is 0 Å². The summed E-state index contributed by atoms with van der Waals surface area (Å²) >= 11 is 1.55. The molecule has 6 nitrogen and oxygen atoms in total. The molecule has 0 bridgehead atoms. The lowest BCUT2D eigenvalue weighted by molar-refractivity contribution is 0.677. The molecule has 3 aromatic heterocycles. The molecule has 0 saturated carbocycles. The summed E-state index contributed by atoms with van der Waals surface area (Å²) in [5.41, 5.74) is 8.73. The second-order valence-corrected chi connectivity index (χ2v) is 6.87. The Morgan fingerprint density at radius 3 is 3.14 bits per heavy atom. The predicted molar refractivity (Wildman–Crippen MR) is 83.7 cm³/mol. The number of nitrogens with two attached hydrogens (primary N) is 1. The van der Waals surface area contributed by atoms with Crippen LogP contribution in [0.5, 0.6) is 0 Å². The van der Waals surface area contributed by atoms with Crippen LogP contribution in [0.2, 0.25) is 0 Å². The number of nitrogen functional groups attached to an aromatic ring is 1. The third-order valence-corrected chi connectivity index (χ3v) is 5.08. The molecule has 4 rings (SSSR count). The largest absolute Gasteiger partial charge is 0.399 e. The zero-order chi connectivity index (χ0) is 14.4. The number of nitrogens with one attached hydrogen (secondary N) is 1. The van der Waals surface area contributed by atoms with E-state index in [1.165, 1.54) is 0 Å². The predicted octanol–water partition coefficient (Wildman–Crippen LogP) is 2.16. The van der Waals surface area contributed by atoms with E-state index >= 15 is 0 Å². The maximum atomic E-state index is 12.4. The number of thiazole rings is 1. The van der Waals surface area contributed by atoms with Gasteiger partial charge in [0.05, 0.1) is 33.3 Å². The fourth-order valence-corrected chi connectivity index (χ4v) is 3.85. The molecule has 0 fully saturated rings. The van der Waals surface area contributed by atoms with Gasteiger partial charge >= 0.3 is 0 Å². The van der Waals surface area contributed by atoms with Gasteiger partial charge in [-0.2, -0.15) is 0 Å². The van der Waals surface area contributed by atoms with E-state index in [1.807, 2.05) is 28.2 Å². The second-order valence-electron chi connectivity index (χ2n) is 4.63. The summed E-state index contributed by atoms with van der Waals surface area (Å²) in [5, 5.41) is 2.42. The van der Waals surface area contributed by atoms with Crippen LogP contribution < -0.4 is 5.73 Å². The number of benzene rings is 1. The van der Waals surface area contributed by atoms with Gasteiger partial charge in [0, 0.05) is 23.5 Å². The summed E-state index contributed by atoms with van der Waals surface area (Å²) < 4.78 is 14.3. The van der Waals surface area contributed by atoms with Gasteiger partial charge in [-0.3, -0.25) is 8.61 Å². The lowest BCUT2D eigenvalue weighted by Crippen LogP contribution is -1.98. The van der Waals surface area contributed by atoms with Crippen molar-refractivity contribution in [1.29, 1.82) is 0 Å². The summed E-state index contributed by atoms with van der Waals surface area (Å²) in [6.07, 6.45) is 3.83. The highest BCUT2D eigenvalue weighted by atomic mass is 32.2. The number of rotatable bonds is 3. The number of anilines is 1. The lowest BCUT2D eigenvalue weighted by atomic mass is 10.3. The summed E-state index contributed by atoms with van der Waals surface area (Å²) in [6.45, 7) is 0. The maximum absolute atomic E-state index is 12.4. The van der Waals surface area contributed by atoms with E-state index in [2.05, 4.69) is 15.0 Å². The molecule has 0 saturated heterocycles. The van der Waals surface area contributed by atoms with Gasteiger partial charge in [-0.1, -0.05) is 0 Å². The number of H-pyrrole nitrogens is 1. The molecule has 0 aliphatic carbocycles. The van der Waals surface area contributed by atoms with Crippen molar-refractivity contribution in [3.63, 3.8) is 0 Å². The molecule has 0 aliphatic rings. The number of imidazole rings is 2. The van der Waals surface area contributed by atoms with E-state index < -0.39 is 10.8 Å². The number of hydrogen-bond donors (Lipinski definition) is 2. The Bertz CT molecular complexity index is 939. The van der Waals surface area contributed by atoms with Crippen molar-refractivity contribution < 1.29 is 4.21 Å². The van der Waals surface area contributed by atoms with E-state index in [0.29, 0.717) is 16.6 Å². The van der Waals surface area contributed by atoms with Crippen LogP contribution in [0.3, 0.4) is 0 Å². The van der Waals surface area contributed by atoms with E-state index in [1.54, 1.807) is 23.5 Å². The number of nitrogens with zero attached hydrogens (tertiary/aromatic N) is 3. The molecule has 0 spiro atoms. The van der Waals surface area contributed by atoms with Crippen molar-refractivity contribution in [1.82, 2.24) is 19.4 Å². The van der Waals surface area contributed by atoms with Gasteiger partial charge < -0.3 is 10.7 Å². The van der Waals surface area contributed by atoms with Crippen molar-refractivity contribution >= 4 is 43.8 Å². The Balaban J connectivity index is 1.64. The number of fused-ring (bicyclic) bond motifs is 2. The standard InChI is InChI=1S/C13H11N5OS2/c14-8-1-2-10-11(5-8)17-12(16-10)21(19)7-9-6-18-3-4-20-13(18)15-9/h1-6H,7,14H2,(H,16,17). The Morgan fingerprint density at radius 1 is 1.38 bits per heavy atom. The van der Waals surface area contributed by atoms with Crippen LogP contribution in [0.15, 0.2) is 41.1 Å². The molecule has 0 amide bonds. The SMILES string of the molecule is Nc1ccc2nc(S(=O)Cc3cn4ccsc4n3)[nH]c2c1. The molecule has 3 heterocycles. The maximum Gasteiger partial charge on any atom is 0.197 e. The van der Waals surface area contributed by atoms with Crippen LogP contribution in [0, 0.1) is 0 Å². The Hall–Kier alpha value is -2.19. The quantitative estimate of drug-likeness (QED) is 0.567. The number of hydrogen-bond acceptors (Lipinski definition) is 5. The average Bonchev–Trinajstić information content (AvgIpc) is 3.10. The van der Waals surface area contributed by atoms with Gasteiger partial charge in [-0.15, -0.1) is 11.3 Å². The van der Waals surface area contributed by atoms with E-state index in [4.69, 9.17) is 5.73 Å². The van der Waals surface area contributed by atoms with Gasteiger partial charge in [-0.25, -0.2) is 9.97 Å². The van der Waals surface area contributed by atoms with Crippen molar-refractivity contribution in [2.45, 2.75) is 10.9 Å². The molecule has 21 heavy (non-hydrogen) atoms. The van der Waals surface area contributed by atoms with Crippen molar-refractivity contribution in [2.75, 3.05) is 5.73 Å². The fraction of sp³-hybridized carbons (Fsp3) is 0.0769. The number of aromatic amines is 1. The highest BCUT2D eigenvalue weighted by Gasteiger charge is 2.13. The average molecular weight is 317 g/mol. The minimum absolute atomic E-state index is 0.337. The highest BCUT2D eigenvalue weighted by Crippen LogP contribution is 2.19. The zero-order valence-corrected chi connectivity index (χ0v) is 12.4. The van der Waals surface area contributed by atoms with Crippen LogP contribution in [-0.4, -0.2) is 23.6 Å². The van der Waals surface area contributed by atoms with Crippen molar-refractivity contribution in [3.05, 3.63) is 41.7 Å². The second kappa shape index (κ2) is 4.68. The molecule has 1 unspecified atom stereocenters. The Kier molecular flexibility index (Phi) is 2.79. The summed E-state index contributed by atoms with van der Waals surface area (Å²) in [7, 11) is -1.26. The zero-order valence-electron chi connectivity index (χ0n) is 10.8. The summed E-state index contributed by atoms with van der Waals surface area (Å²) in [6, 6.07) is 5.38. The normalized spacial score (nSPS) is 13.1. The molecule has 0 radical (unpaired) electrons. The Morgan fingerprint density at radius 2 is 2.29 bits per heavy atom. The highest BCUT2D eigenvalue weighted by molar-refractivity contribution is 7.84. The van der Waals surface area contributed by atoms with Crippen LogP contribution in [0.1, 0.15) is 5.69 Å². The van der Waals surface area contributed by atoms with Crippen molar-refractivity contribution in [2.24, 2.45) is 0 Å². The first-order valence-electron chi connectivity index (χ1n) is 6.24. The van der Waals surface area contributed by atoms with Gasteiger partial charge in [0.1, 0.15) is 0 Å². The topological polar surface area (TPSA) is 89.1 Å². The monoisotopic (exact) mass is 317 g/mol. The molecule has 8 heteroatoms.